The molecule has 106 valence electrons. The Morgan fingerprint density at radius 2 is 1.89 bits per heavy atom. The predicted octanol–water partition coefficient (Wildman–Crippen LogP) is 0.380. The van der Waals surface area contributed by atoms with Crippen LogP contribution < -0.4 is 5.73 Å². The molecule has 19 heavy (non-hydrogen) atoms. The van der Waals surface area contributed by atoms with E-state index in [-0.39, 0.29) is 6.04 Å². The van der Waals surface area contributed by atoms with Gasteiger partial charge in [0.25, 0.3) is 0 Å². The predicted molar refractivity (Wildman–Crippen MR) is 73.4 cm³/mol. The summed E-state index contributed by atoms with van der Waals surface area (Å²) in [6.07, 6.45) is 4.19. The summed E-state index contributed by atoms with van der Waals surface area (Å²) < 4.78 is 0. The molecule has 4 nitrogen and oxygen atoms in total. The molecule has 4 aliphatic rings. The van der Waals surface area contributed by atoms with Crippen LogP contribution >= 0.6 is 0 Å². The second-order valence-electron chi connectivity index (χ2n) is 7.20. The maximum atomic E-state index is 12.8. The SMILES string of the molecule is CN1CCN(C(=O)C2C3C4CCC(C4)C23)C(CN)C1. The highest BCUT2D eigenvalue weighted by Gasteiger charge is 2.68. The van der Waals surface area contributed by atoms with E-state index in [0.29, 0.717) is 18.4 Å². The Balaban J connectivity index is 1.46. The molecule has 5 atom stereocenters. The van der Waals surface area contributed by atoms with Gasteiger partial charge in [0.05, 0.1) is 6.04 Å². The number of nitrogens with two attached hydrogens (primary N) is 1. The molecular weight excluding hydrogens is 238 g/mol. The van der Waals surface area contributed by atoms with Gasteiger partial charge >= 0.3 is 0 Å². The minimum Gasteiger partial charge on any atom is -0.336 e. The van der Waals surface area contributed by atoms with E-state index in [9.17, 15) is 4.79 Å². The fourth-order valence-electron chi connectivity index (χ4n) is 5.35. The summed E-state index contributed by atoms with van der Waals surface area (Å²) in [6, 6.07) is 0.241. The molecule has 1 heterocycles. The van der Waals surface area contributed by atoms with E-state index in [1.807, 2.05) is 0 Å². The van der Waals surface area contributed by atoms with Crippen LogP contribution in [0.1, 0.15) is 19.3 Å². The Morgan fingerprint density at radius 1 is 1.21 bits per heavy atom. The van der Waals surface area contributed by atoms with E-state index >= 15 is 0 Å². The first kappa shape index (κ1) is 12.2. The van der Waals surface area contributed by atoms with E-state index in [1.165, 1.54) is 19.3 Å². The zero-order chi connectivity index (χ0) is 13.1. The number of rotatable bonds is 2. The molecule has 1 saturated heterocycles. The first-order valence-corrected chi connectivity index (χ1v) is 7.89. The van der Waals surface area contributed by atoms with Gasteiger partial charge in [-0.25, -0.2) is 0 Å². The van der Waals surface area contributed by atoms with Gasteiger partial charge in [0, 0.05) is 32.1 Å². The van der Waals surface area contributed by atoms with Gasteiger partial charge < -0.3 is 15.5 Å². The van der Waals surface area contributed by atoms with Crippen LogP contribution in [0, 0.1) is 29.6 Å². The van der Waals surface area contributed by atoms with Crippen molar-refractivity contribution in [3.63, 3.8) is 0 Å². The first-order chi connectivity index (χ1) is 9.20. The minimum absolute atomic E-state index is 0.241. The molecule has 1 amide bonds. The van der Waals surface area contributed by atoms with Crippen molar-refractivity contribution < 1.29 is 4.79 Å². The van der Waals surface area contributed by atoms with Crippen molar-refractivity contribution in [2.75, 3.05) is 33.2 Å². The van der Waals surface area contributed by atoms with Gasteiger partial charge in [0.1, 0.15) is 0 Å². The molecule has 2 bridgehead atoms. The maximum Gasteiger partial charge on any atom is 0.226 e. The van der Waals surface area contributed by atoms with Crippen molar-refractivity contribution in [1.82, 2.24) is 9.80 Å². The monoisotopic (exact) mass is 263 g/mol. The van der Waals surface area contributed by atoms with E-state index in [0.717, 1.165) is 43.3 Å². The lowest BCUT2D eigenvalue weighted by Crippen LogP contribution is -2.57. The molecule has 0 spiro atoms. The molecule has 5 unspecified atom stereocenters. The van der Waals surface area contributed by atoms with Crippen LogP contribution in [0.25, 0.3) is 0 Å². The van der Waals surface area contributed by atoms with E-state index < -0.39 is 0 Å². The fraction of sp³-hybridized carbons (Fsp3) is 0.933. The summed E-state index contributed by atoms with van der Waals surface area (Å²) in [5.74, 6) is 4.09. The van der Waals surface area contributed by atoms with Gasteiger partial charge in [-0.05, 0) is 50.0 Å². The highest BCUT2D eigenvalue weighted by atomic mass is 16.2. The van der Waals surface area contributed by atoms with Crippen molar-refractivity contribution in [2.24, 2.45) is 35.3 Å². The van der Waals surface area contributed by atoms with Crippen LogP contribution in [0.2, 0.25) is 0 Å². The average molecular weight is 263 g/mol. The third kappa shape index (κ3) is 1.69. The number of amides is 1. The van der Waals surface area contributed by atoms with E-state index in [1.54, 1.807) is 0 Å². The van der Waals surface area contributed by atoms with E-state index in [4.69, 9.17) is 5.73 Å². The third-order valence-electron chi connectivity index (χ3n) is 6.26. The zero-order valence-corrected chi connectivity index (χ0v) is 11.8. The zero-order valence-electron chi connectivity index (χ0n) is 11.8. The second kappa shape index (κ2) is 4.19. The summed E-state index contributed by atoms with van der Waals surface area (Å²) in [6.45, 7) is 3.42. The molecule has 4 heteroatoms. The number of nitrogens with zero attached hydrogens (tertiary/aromatic N) is 2. The molecule has 0 aromatic carbocycles. The van der Waals surface area contributed by atoms with Crippen LogP contribution in [-0.2, 0) is 4.79 Å². The van der Waals surface area contributed by atoms with Crippen molar-refractivity contribution in [3.8, 4) is 0 Å². The topological polar surface area (TPSA) is 49.6 Å². The van der Waals surface area contributed by atoms with Gasteiger partial charge in [-0.2, -0.15) is 0 Å². The molecule has 2 N–H and O–H groups in total. The van der Waals surface area contributed by atoms with Gasteiger partial charge in [-0.15, -0.1) is 0 Å². The third-order valence-corrected chi connectivity index (χ3v) is 6.26. The molecular formula is C15H25N3O. The molecule has 4 rings (SSSR count). The highest BCUT2D eigenvalue weighted by Crippen LogP contribution is 2.69. The highest BCUT2D eigenvalue weighted by molar-refractivity contribution is 5.83. The Labute approximate surface area is 115 Å². The number of hydrogen-bond acceptors (Lipinski definition) is 3. The van der Waals surface area contributed by atoms with Crippen LogP contribution in [-0.4, -0.2) is 55.0 Å². The summed E-state index contributed by atoms with van der Waals surface area (Å²) in [5, 5.41) is 0. The Hall–Kier alpha value is -0.610. The molecule has 1 aliphatic heterocycles. The fourth-order valence-corrected chi connectivity index (χ4v) is 5.35. The largest absolute Gasteiger partial charge is 0.336 e. The molecule has 3 aliphatic carbocycles. The lowest BCUT2D eigenvalue weighted by atomic mass is 10.0. The Morgan fingerprint density at radius 3 is 2.53 bits per heavy atom. The number of carbonyl (C=O) groups is 1. The standard InChI is InChI=1S/C15H25N3O/c1-17-4-5-18(11(7-16)8-17)15(19)14-12-9-2-3-10(6-9)13(12)14/h9-14H,2-8,16H2,1H3. The summed E-state index contributed by atoms with van der Waals surface area (Å²) >= 11 is 0. The smallest absolute Gasteiger partial charge is 0.226 e. The number of fused-ring (bicyclic) bond motifs is 5. The lowest BCUT2D eigenvalue weighted by molar-refractivity contribution is -0.138. The maximum absolute atomic E-state index is 12.8. The Bertz CT molecular complexity index is 383. The van der Waals surface area contributed by atoms with Crippen molar-refractivity contribution in [1.29, 1.82) is 0 Å². The summed E-state index contributed by atoms with van der Waals surface area (Å²) in [4.78, 5) is 17.2. The van der Waals surface area contributed by atoms with Crippen molar-refractivity contribution in [2.45, 2.75) is 25.3 Å². The van der Waals surface area contributed by atoms with Crippen molar-refractivity contribution in [3.05, 3.63) is 0 Å². The normalized spacial score (nSPS) is 48.4. The van der Waals surface area contributed by atoms with Crippen LogP contribution in [0.15, 0.2) is 0 Å². The molecule has 0 radical (unpaired) electrons. The van der Waals surface area contributed by atoms with E-state index in [2.05, 4.69) is 16.8 Å². The molecule has 0 aromatic heterocycles. The summed E-state index contributed by atoms with van der Waals surface area (Å²) in [5.41, 5.74) is 5.88. The number of piperazine rings is 1. The van der Waals surface area contributed by atoms with Gasteiger partial charge in [-0.3, -0.25) is 4.79 Å². The minimum atomic E-state index is 0.241. The van der Waals surface area contributed by atoms with Crippen LogP contribution in [0.3, 0.4) is 0 Å². The second-order valence-corrected chi connectivity index (χ2v) is 7.20. The van der Waals surface area contributed by atoms with Gasteiger partial charge in [0.15, 0.2) is 0 Å². The summed E-state index contributed by atoms with van der Waals surface area (Å²) in [7, 11) is 2.12. The number of carbonyl (C=O) groups excluding carboxylic acids is 1. The average Bonchev–Trinajstić information content (AvgIpc) is 2.85. The Kier molecular flexibility index (Phi) is 2.68. The number of likely N-dealkylation sites (N-methyl/N-ethyl adjacent to an activating group) is 1. The lowest BCUT2D eigenvalue weighted by Gasteiger charge is -2.40. The van der Waals surface area contributed by atoms with Crippen molar-refractivity contribution >= 4 is 5.91 Å². The number of hydrogen-bond donors (Lipinski definition) is 1. The molecule has 0 aromatic rings. The molecule has 3 saturated carbocycles. The van der Waals surface area contributed by atoms with Crippen LogP contribution in [0.5, 0.6) is 0 Å². The van der Waals surface area contributed by atoms with Crippen LogP contribution in [0.4, 0.5) is 0 Å². The molecule has 4 fully saturated rings. The van der Waals surface area contributed by atoms with Gasteiger partial charge in [-0.1, -0.05) is 0 Å². The quantitative estimate of drug-likeness (QED) is 0.783. The van der Waals surface area contributed by atoms with Gasteiger partial charge in [0.2, 0.25) is 5.91 Å². The first-order valence-electron chi connectivity index (χ1n) is 7.89.